The van der Waals surface area contributed by atoms with Gasteiger partial charge in [0.2, 0.25) is 12.2 Å². The number of aliphatic hydroxyl groups excluding tert-OH is 1. The first-order valence-electron chi connectivity index (χ1n) is 9.12. The molecule has 1 heterocycles. The molecular weight excluding hydrogens is 401 g/mol. The van der Waals surface area contributed by atoms with Crippen molar-refractivity contribution >= 4 is 30.4 Å². The molecule has 1 aromatic carbocycles. The fraction of sp³-hybridized carbons (Fsp3) is 0.500. The van der Waals surface area contributed by atoms with Gasteiger partial charge in [0.15, 0.2) is 6.10 Å². The Labute approximate surface area is 173 Å². The van der Waals surface area contributed by atoms with Crippen LogP contribution >= 0.6 is 0 Å². The van der Waals surface area contributed by atoms with Crippen LogP contribution in [0.15, 0.2) is 24.3 Å². The first-order valence-corrected chi connectivity index (χ1v) is 9.12. The SMILES string of the molecule is CC(=O)N[C@@H]1C(Oc2ccc(B(O)O)cc2)OC(COC(C)=O)C(O)C1OC(C)=O. The molecule has 2 rings (SSSR count). The van der Waals surface area contributed by atoms with E-state index in [0.29, 0.717) is 0 Å². The summed E-state index contributed by atoms with van der Waals surface area (Å²) in [4.78, 5) is 34.4. The first kappa shape index (κ1) is 23.6. The van der Waals surface area contributed by atoms with Crippen molar-refractivity contribution in [2.45, 2.75) is 51.4 Å². The summed E-state index contributed by atoms with van der Waals surface area (Å²) in [6.45, 7) is 3.22. The number of aliphatic hydroxyl groups is 1. The monoisotopic (exact) mass is 425 g/mol. The molecule has 1 saturated heterocycles. The number of esters is 2. The van der Waals surface area contributed by atoms with Gasteiger partial charge in [0.05, 0.1) is 0 Å². The quantitative estimate of drug-likeness (QED) is 0.280. The molecule has 0 saturated carbocycles. The lowest BCUT2D eigenvalue weighted by Gasteiger charge is -2.43. The molecule has 0 aliphatic carbocycles. The van der Waals surface area contributed by atoms with Gasteiger partial charge < -0.3 is 39.4 Å². The van der Waals surface area contributed by atoms with Crippen LogP contribution in [0.1, 0.15) is 20.8 Å². The van der Waals surface area contributed by atoms with Gasteiger partial charge in [-0.1, -0.05) is 12.1 Å². The van der Waals surface area contributed by atoms with Gasteiger partial charge in [-0.05, 0) is 17.6 Å². The summed E-state index contributed by atoms with van der Waals surface area (Å²) in [5.74, 6) is -1.56. The lowest BCUT2D eigenvalue weighted by molar-refractivity contribution is -0.251. The molecule has 1 amide bonds. The molecular formula is C18H24BNO10. The molecule has 1 aliphatic rings. The van der Waals surface area contributed by atoms with Crippen molar-refractivity contribution in [1.29, 1.82) is 0 Å². The van der Waals surface area contributed by atoms with Gasteiger partial charge in [-0.15, -0.1) is 0 Å². The highest BCUT2D eigenvalue weighted by molar-refractivity contribution is 6.58. The van der Waals surface area contributed by atoms with E-state index in [-0.39, 0.29) is 17.8 Å². The molecule has 164 valence electrons. The Morgan fingerprint density at radius 1 is 1.10 bits per heavy atom. The summed E-state index contributed by atoms with van der Waals surface area (Å²) in [6, 6.07) is 4.61. The number of amides is 1. The van der Waals surface area contributed by atoms with E-state index < -0.39 is 55.6 Å². The fourth-order valence-corrected chi connectivity index (χ4v) is 2.93. The summed E-state index contributed by atoms with van der Waals surface area (Å²) in [7, 11) is -1.66. The molecule has 4 unspecified atom stereocenters. The van der Waals surface area contributed by atoms with Crippen molar-refractivity contribution in [2.24, 2.45) is 0 Å². The molecule has 1 fully saturated rings. The van der Waals surface area contributed by atoms with Crippen molar-refractivity contribution in [1.82, 2.24) is 5.32 Å². The number of rotatable bonds is 7. The van der Waals surface area contributed by atoms with E-state index in [2.05, 4.69) is 5.32 Å². The van der Waals surface area contributed by atoms with E-state index in [1.54, 1.807) is 0 Å². The van der Waals surface area contributed by atoms with E-state index in [0.717, 1.165) is 6.92 Å². The minimum atomic E-state index is -1.66. The van der Waals surface area contributed by atoms with Crippen LogP contribution < -0.4 is 15.5 Å². The zero-order chi connectivity index (χ0) is 22.4. The summed E-state index contributed by atoms with van der Waals surface area (Å²) in [5, 5.41) is 31.5. The van der Waals surface area contributed by atoms with Crippen LogP contribution in [0.3, 0.4) is 0 Å². The number of carbonyl (C=O) groups excluding carboxylic acids is 3. The molecule has 1 aliphatic heterocycles. The van der Waals surface area contributed by atoms with Crippen molar-refractivity contribution in [3.05, 3.63) is 24.3 Å². The second kappa shape index (κ2) is 10.4. The molecule has 5 atom stereocenters. The topological polar surface area (TPSA) is 161 Å². The summed E-state index contributed by atoms with van der Waals surface area (Å²) >= 11 is 0. The van der Waals surface area contributed by atoms with Crippen LogP contribution in [0.25, 0.3) is 0 Å². The predicted octanol–water partition coefficient (Wildman–Crippen LogP) is -2.17. The second-order valence-electron chi connectivity index (χ2n) is 6.70. The molecule has 4 N–H and O–H groups in total. The second-order valence-corrected chi connectivity index (χ2v) is 6.70. The van der Waals surface area contributed by atoms with Crippen LogP contribution in [0.2, 0.25) is 0 Å². The summed E-state index contributed by atoms with van der Waals surface area (Å²) in [6.07, 6.45) is -5.00. The van der Waals surface area contributed by atoms with Gasteiger partial charge >= 0.3 is 19.1 Å². The number of ether oxygens (including phenoxy) is 4. The van der Waals surface area contributed by atoms with Crippen LogP contribution in [0, 0.1) is 0 Å². The molecule has 0 bridgehead atoms. The lowest BCUT2D eigenvalue weighted by Crippen LogP contribution is -2.66. The first-order chi connectivity index (χ1) is 14.1. The van der Waals surface area contributed by atoms with E-state index in [1.807, 2.05) is 0 Å². The van der Waals surface area contributed by atoms with Crippen LogP contribution in [-0.2, 0) is 28.6 Å². The molecule has 12 heteroatoms. The third-order valence-electron chi connectivity index (χ3n) is 4.23. The van der Waals surface area contributed by atoms with Gasteiger partial charge in [0, 0.05) is 20.8 Å². The Hall–Kier alpha value is -2.67. The smallest absolute Gasteiger partial charge is 0.463 e. The Morgan fingerprint density at radius 2 is 1.73 bits per heavy atom. The molecule has 11 nitrogen and oxygen atoms in total. The molecule has 0 radical (unpaired) electrons. The number of hydrogen-bond donors (Lipinski definition) is 4. The van der Waals surface area contributed by atoms with Crippen molar-refractivity contribution in [3.63, 3.8) is 0 Å². The average molecular weight is 425 g/mol. The normalized spacial score (nSPS) is 25.7. The average Bonchev–Trinajstić information content (AvgIpc) is 2.65. The van der Waals surface area contributed by atoms with E-state index in [1.165, 1.54) is 38.1 Å². The van der Waals surface area contributed by atoms with E-state index in [4.69, 9.17) is 18.9 Å². The maximum Gasteiger partial charge on any atom is 0.488 e. The predicted molar refractivity (Wildman–Crippen MR) is 101 cm³/mol. The van der Waals surface area contributed by atoms with Gasteiger partial charge in [0.1, 0.15) is 30.6 Å². The maximum absolute atomic E-state index is 11.7. The standard InChI is InChI=1S/C18H24BNO10/c1-9(21)20-15-17(28-11(3)23)16(24)14(8-27-10(2)22)30-18(15)29-13-6-4-12(5-7-13)19(25)26/h4-7,14-18,24-26H,8H2,1-3H3,(H,20,21)/t14?,15-,16?,17?,18?/m0/s1. The highest BCUT2D eigenvalue weighted by atomic mass is 16.7. The number of carbonyl (C=O) groups is 3. The molecule has 1 aromatic rings. The largest absolute Gasteiger partial charge is 0.488 e. The minimum absolute atomic E-state index is 0.228. The fourth-order valence-electron chi connectivity index (χ4n) is 2.93. The van der Waals surface area contributed by atoms with E-state index >= 15 is 0 Å². The Bertz CT molecular complexity index is 756. The van der Waals surface area contributed by atoms with Crippen LogP contribution in [-0.4, -0.2) is 77.4 Å². The molecule has 0 aromatic heterocycles. The number of hydrogen-bond acceptors (Lipinski definition) is 10. The zero-order valence-corrected chi connectivity index (χ0v) is 16.7. The molecule has 0 spiro atoms. The Kier molecular flexibility index (Phi) is 8.18. The lowest BCUT2D eigenvalue weighted by atomic mass is 9.80. The highest BCUT2D eigenvalue weighted by Crippen LogP contribution is 2.26. The van der Waals surface area contributed by atoms with Crippen molar-refractivity contribution in [2.75, 3.05) is 6.61 Å². The van der Waals surface area contributed by atoms with Gasteiger partial charge in [-0.25, -0.2) is 0 Å². The van der Waals surface area contributed by atoms with E-state index in [9.17, 15) is 29.5 Å². The Balaban J connectivity index is 2.30. The number of nitrogens with one attached hydrogen (secondary N) is 1. The summed E-state index contributed by atoms with van der Waals surface area (Å²) in [5.41, 5.74) is 0.228. The molecule has 30 heavy (non-hydrogen) atoms. The number of benzene rings is 1. The third kappa shape index (κ3) is 6.42. The minimum Gasteiger partial charge on any atom is -0.463 e. The van der Waals surface area contributed by atoms with Crippen molar-refractivity contribution < 1.29 is 48.5 Å². The maximum atomic E-state index is 11.7. The van der Waals surface area contributed by atoms with Gasteiger partial charge in [-0.3, -0.25) is 14.4 Å². The van der Waals surface area contributed by atoms with Crippen molar-refractivity contribution in [3.8, 4) is 5.75 Å². The van der Waals surface area contributed by atoms with Crippen LogP contribution in [0.4, 0.5) is 0 Å². The van der Waals surface area contributed by atoms with Gasteiger partial charge in [-0.2, -0.15) is 0 Å². The van der Waals surface area contributed by atoms with Crippen LogP contribution in [0.5, 0.6) is 5.75 Å². The Morgan fingerprint density at radius 3 is 2.23 bits per heavy atom. The van der Waals surface area contributed by atoms with Gasteiger partial charge in [0.25, 0.3) is 0 Å². The highest BCUT2D eigenvalue weighted by Gasteiger charge is 2.49. The zero-order valence-electron chi connectivity index (χ0n) is 16.7. The third-order valence-corrected chi connectivity index (χ3v) is 4.23. The summed E-state index contributed by atoms with van der Waals surface area (Å²) < 4.78 is 21.6.